The van der Waals surface area contributed by atoms with Gasteiger partial charge < -0.3 is 14.5 Å². The molecule has 3 rings (SSSR count). The second-order valence-electron chi connectivity index (χ2n) is 7.94. The highest BCUT2D eigenvalue weighted by Gasteiger charge is 2.44. The van der Waals surface area contributed by atoms with Gasteiger partial charge in [0.05, 0.1) is 18.3 Å². The number of ether oxygens (including phenoxy) is 1. The van der Waals surface area contributed by atoms with Crippen molar-refractivity contribution >= 4 is 0 Å². The van der Waals surface area contributed by atoms with E-state index < -0.39 is 12.5 Å². The van der Waals surface area contributed by atoms with Crippen LogP contribution in [0.3, 0.4) is 0 Å². The van der Waals surface area contributed by atoms with Crippen LogP contribution in [0.5, 0.6) is 0 Å². The number of rotatable bonds is 3. The quantitative estimate of drug-likeness (QED) is 0.914. The first-order valence-corrected chi connectivity index (χ1v) is 8.63. The SMILES string of the molecule is CC(C)(C)c1cnc(C2CN(CC(F)F)CC3(CCNCC3)O2)o1. The minimum absolute atomic E-state index is 0.144. The second-order valence-corrected chi connectivity index (χ2v) is 7.94. The lowest BCUT2D eigenvalue weighted by Gasteiger charge is -2.47. The van der Waals surface area contributed by atoms with Gasteiger partial charge in [0, 0.05) is 18.5 Å². The molecule has 2 fully saturated rings. The summed E-state index contributed by atoms with van der Waals surface area (Å²) < 4.78 is 38.1. The third-order valence-electron chi connectivity index (χ3n) is 4.78. The first-order valence-electron chi connectivity index (χ1n) is 8.63. The Morgan fingerprint density at radius 2 is 2.08 bits per heavy atom. The molecule has 2 saturated heterocycles. The van der Waals surface area contributed by atoms with Gasteiger partial charge in [-0.15, -0.1) is 0 Å². The van der Waals surface area contributed by atoms with E-state index in [0.29, 0.717) is 19.0 Å². The third kappa shape index (κ3) is 3.95. The lowest BCUT2D eigenvalue weighted by molar-refractivity contribution is -0.180. The maximum Gasteiger partial charge on any atom is 0.251 e. The fourth-order valence-corrected chi connectivity index (χ4v) is 3.49. The molecule has 1 atom stereocenters. The first kappa shape index (κ1) is 17.8. The van der Waals surface area contributed by atoms with Gasteiger partial charge in [-0.1, -0.05) is 20.8 Å². The van der Waals surface area contributed by atoms with Crippen LogP contribution in [0.15, 0.2) is 10.6 Å². The molecule has 1 spiro atoms. The third-order valence-corrected chi connectivity index (χ3v) is 4.78. The highest BCUT2D eigenvalue weighted by Crippen LogP contribution is 2.37. The molecule has 0 aromatic carbocycles. The predicted molar refractivity (Wildman–Crippen MR) is 86.3 cm³/mol. The fraction of sp³-hybridized carbons (Fsp3) is 0.824. The number of oxazole rings is 1. The fourth-order valence-electron chi connectivity index (χ4n) is 3.49. The lowest BCUT2D eigenvalue weighted by Crippen LogP contribution is -2.57. The monoisotopic (exact) mass is 343 g/mol. The Bertz CT molecular complexity index is 550. The molecule has 1 aromatic heterocycles. The second kappa shape index (κ2) is 6.69. The number of hydrogen-bond donors (Lipinski definition) is 1. The van der Waals surface area contributed by atoms with Crippen molar-refractivity contribution in [2.24, 2.45) is 0 Å². The van der Waals surface area contributed by atoms with Crippen molar-refractivity contribution in [3.05, 3.63) is 17.8 Å². The molecule has 1 unspecified atom stereocenters. The maximum absolute atomic E-state index is 12.9. The van der Waals surface area contributed by atoms with Gasteiger partial charge in [-0.05, 0) is 25.9 Å². The van der Waals surface area contributed by atoms with Gasteiger partial charge in [-0.25, -0.2) is 13.8 Å². The summed E-state index contributed by atoms with van der Waals surface area (Å²) in [6, 6.07) is 0. The van der Waals surface area contributed by atoms with E-state index in [4.69, 9.17) is 9.15 Å². The predicted octanol–water partition coefficient (Wildman–Crippen LogP) is 2.73. The standard InChI is InChI=1S/C17H27F2N3O2/c1-16(2,3)13-8-21-15(23-13)12-9-22(10-14(18)19)11-17(24-12)4-6-20-7-5-17/h8,12,14,20H,4-7,9-11H2,1-3H3. The summed E-state index contributed by atoms with van der Waals surface area (Å²) in [6.45, 7) is 8.54. The number of nitrogens with zero attached hydrogens (tertiary/aromatic N) is 2. The largest absolute Gasteiger partial charge is 0.442 e. The summed E-state index contributed by atoms with van der Waals surface area (Å²) in [4.78, 5) is 6.17. The smallest absolute Gasteiger partial charge is 0.251 e. The van der Waals surface area contributed by atoms with Crippen molar-refractivity contribution in [1.82, 2.24) is 15.2 Å². The van der Waals surface area contributed by atoms with Crippen LogP contribution >= 0.6 is 0 Å². The normalized spacial score (nSPS) is 25.5. The average Bonchev–Trinajstić information content (AvgIpc) is 2.96. The summed E-state index contributed by atoms with van der Waals surface area (Å²) >= 11 is 0. The van der Waals surface area contributed by atoms with Crippen molar-refractivity contribution in [2.75, 3.05) is 32.7 Å². The summed E-state index contributed by atoms with van der Waals surface area (Å²) in [5.41, 5.74) is -0.533. The van der Waals surface area contributed by atoms with E-state index in [1.54, 1.807) is 11.1 Å². The number of halogens is 2. The van der Waals surface area contributed by atoms with Crippen molar-refractivity contribution in [1.29, 1.82) is 0 Å². The van der Waals surface area contributed by atoms with Crippen molar-refractivity contribution in [3.8, 4) is 0 Å². The molecular weight excluding hydrogens is 316 g/mol. The Morgan fingerprint density at radius 1 is 1.38 bits per heavy atom. The Hall–Kier alpha value is -1.05. The topological polar surface area (TPSA) is 50.5 Å². The number of hydrogen-bond acceptors (Lipinski definition) is 5. The molecule has 0 saturated carbocycles. The van der Waals surface area contributed by atoms with Crippen LogP contribution in [0.2, 0.25) is 0 Å². The number of nitrogens with one attached hydrogen (secondary N) is 1. The zero-order valence-electron chi connectivity index (χ0n) is 14.6. The van der Waals surface area contributed by atoms with E-state index in [9.17, 15) is 8.78 Å². The van der Waals surface area contributed by atoms with Crippen LogP contribution in [0.25, 0.3) is 0 Å². The molecule has 2 aliphatic heterocycles. The van der Waals surface area contributed by atoms with Crippen LogP contribution in [-0.2, 0) is 10.2 Å². The van der Waals surface area contributed by atoms with Gasteiger partial charge in [-0.2, -0.15) is 0 Å². The van der Waals surface area contributed by atoms with Gasteiger partial charge in [0.15, 0.2) is 0 Å². The zero-order chi connectivity index (χ0) is 17.4. The van der Waals surface area contributed by atoms with Crippen LogP contribution in [0.4, 0.5) is 8.78 Å². The number of alkyl halides is 2. The molecule has 1 aromatic rings. The van der Waals surface area contributed by atoms with E-state index in [0.717, 1.165) is 31.7 Å². The molecule has 136 valence electrons. The minimum Gasteiger partial charge on any atom is -0.442 e. The van der Waals surface area contributed by atoms with Crippen molar-refractivity contribution in [2.45, 2.75) is 57.2 Å². The zero-order valence-corrected chi connectivity index (χ0v) is 14.6. The van der Waals surface area contributed by atoms with E-state index >= 15 is 0 Å². The van der Waals surface area contributed by atoms with Gasteiger partial charge >= 0.3 is 0 Å². The molecule has 0 bridgehead atoms. The minimum atomic E-state index is -2.35. The van der Waals surface area contributed by atoms with Gasteiger partial charge in [0.2, 0.25) is 5.89 Å². The summed E-state index contributed by atoms with van der Waals surface area (Å²) in [5.74, 6) is 1.28. The molecule has 3 heterocycles. The maximum atomic E-state index is 12.9. The molecule has 7 heteroatoms. The van der Waals surface area contributed by atoms with E-state index in [-0.39, 0.29) is 17.6 Å². The van der Waals surface area contributed by atoms with Gasteiger partial charge in [0.25, 0.3) is 6.43 Å². The first-order chi connectivity index (χ1) is 11.3. The number of piperidine rings is 1. The summed E-state index contributed by atoms with van der Waals surface area (Å²) in [7, 11) is 0. The van der Waals surface area contributed by atoms with Crippen LogP contribution in [0.1, 0.15) is 51.4 Å². The highest BCUT2D eigenvalue weighted by molar-refractivity contribution is 5.08. The van der Waals surface area contributed by atoms with E-state index in [1.165, 1.54) is 0 Å². The van der Waals surface area contributed by atoms with Gasteiger partial charge in [0.1, 0.15) is 11.9 Å². The van der Waals surface area contributed by atoms with Crippen LogP contribution < -0.4 is 5.32 Å². The van der Waals surface area contributed by atoms with Crippen LogP contribution in [-0.4, -0.2) is 54.6 Å². The van der Waals surface area contributed by atoms with Crippen molar-refractivity contribution < 1.29 is 17.9 Å². The molecule has 0 aliphatic carbocycles. The Balaban J connectivity index is 1.81. The van der Waals surface area contributed by atoms with Crippen molar-refractivity contribution in [3.63, 3.8) is 0 Å². The van der Waals surface area contributed by atoms with E-state index in [2.05, 4.69) is 31.1 Å². The van der Waals surface area contributed by atoms with Crippen LogP contribution in [0, 0.1) is 0 Å². The average molecular weight is 343 g/mol. The molecular formula is C17H27F2N3O2. The molecule has 24 heavy (non-hydrogen) atoms. The summed E-state index contributed by atoms with van der Waals surface area (Å²) in [6.07, 6.45) is 0.607. The molecule has 0 radical (unpaired) electrons. The Kier molecular flexibility index (Phi) is 4.95. The summed E-state index contributed by atoms with van der Waals surface area (Å²) in [5, 5.41) is 3.30. The Morgan fingerprint density at radius 3 is 2.67 bits per heavy atom. The lowest BCUT2D eigenvalue weighted by atomic mass is 9.89. The number of aromatic nitrogens is 1. The molecule has 1 N–H and O–H groups in total. The van der Waals surface area contributed by atoms with Gasteiger partial charge in [-0.3, -0.25) is 4.90 Å². The number of morpholine rings is 1. The Labute approximate surface area is 141 Å². The molecule has 2 aliphatic rings. The highest BCUT2D eigenvalue weighted by atomic mass is 19.3. The van der Waals surface area contributed by atoms with E-state index in [1.807, 2.05) is 0 Å². The molecule has 0 amide bonds. The molecule has 5 nitrogen and oxygen atoms in total.